The molecule has 3 unspecified atom stereocenters. The van der Waals surface area contributed by atoms with Crippen LogP contribution in [-0.2, 0) is 16.2 Å². The summed E-state index contributed by atoms with van der Waals surface area (Å²) in [6.07, 6.45) is 1.77. The third-order valence-corrected chi connectivity index (χ3v) is 5.06. The highest BCUT2D eigenvalue weighted by Crippen LogP contribution is 2.55. The van der Waals surface area contributed by atoms with Crippen molar-refractivity contribution in [2.75, 3.05) is 6.54 Å². The minimum atomic E-state index is -0.316. The molecule has 3 fully saturated rings. The van der Waals surface area contributed by atoms with Crippen molar-refractivity contribution in [1.29, 1.82) is 0 Å². The summed E-state index contributed by atoms with van der Waals surface area (Å²) in [5, 5.41) is 1.55. The standard InChI is InChI=1S/C14H15ClN2O2/c15-12-6-7-14-11(8-16(12)14)17(13(14)18)19-9-10-4-2-1-3-5-10/h1-5,11-12H,6-9H2. The highest BCUT2D eigenvalue weighted by molar-refractivity contribution is 6.21. The van der Waals surface area contributed by atoms with Gasteiger partial charge in [0.2, 0.25) is 0 Å². The average Bonchev–Trinajstić information content (AvgIpc) is 2.71. The molecule has 0 bridgehead atoms. The summed E-state index contributed by atoms with van der Waals surface area (Å²) in [4.78, 5) is 20.1. The summed E-state index contributed by atoms with van der Waals surface area (Å²) in [5.74, 6) is 0.0860. The second-order valence-electron chi connectivity index (χ2n) is 5.46. The Bertz CT molecular complexity index is 523. The fourth-order valence-electron chi connectivity index (χ4n) is 3.52. The zero-order valence-electron chi connectivity index (χ0n) is 10.5. The minimum Gasteiger partial charge on any atom is -0.270 e. The van der Waals surface area contributed by atoms with E-state index in [0.717, 1.165) is 24.9 Å². The predicted octanol–water partition coefficient (Wildman–Crippen LogP) is 1.74. The quantitative estimate of drug-likeness (QED) is 0.480. The number of carbonyl (C=O) groups is 1. The Kier molecular flexibility index (Phi) is 2.43. The number of halogens is 1. The van der Waals surface area contributed by atoms with E-state index in [-0.39, 0.29) is 23.0 Å². The molecule has 1 aromatic rings. The molecule has 3 saturated heterocycles. The molecule has 3 heterocycles. The molecule has 0 saturated carbocycles. The van der Waals surface area contributed by atoms with Crippen LogP contribution in [0.3, 0.4) is 0 Å². The first-order valence-electron chi connectivity index (χ1n) is 6.65. The maximum absolute atomic E-state index is 12.3. The molecule has 5 heteroatoms. The predicted molar refractivity (Wildman–Crippen MR) is 70.2 cm³/mol. The van der Waals surface area contributed by atoms with Crippen molar-refractivity contribution in [3.63, 3.8) is 0 Å². The normalized spacial score (nSPS) is 36.5. The summed E-state index contributed by atoms with van der Waals surface area (Å²) in [7, 11) is 0. The van der Waals surface area contributed by atoms with Crippen LogP contribution in [0, 0.1) is 0 Å². The number of hydrogen-bond acceptors (Lipinski definition) is 3. The zero-order chi connectivity index (χ0) is 13.0. The highest BCUT2D eigenvalue weighted by atomic mass is 35.5. The molecule has 0 aliphatic carbocycles. The third-order valence-electron chi connectivity index (χ3n) is 4.60. The van der Waals surface area contributed by atoms with Crippen molar-refractivity contribution < 1.29 is 9.63 Å². The summed E-state index contributed by atoms with van der Waals surface area (Å²) in [6.45, 7) is 1.29. The minimum absolute atomic E-state index is 0.0245. The zero-order valence-corrected chi connectivity index (χ0v) is 11.2. The Labute approximate surface area is 116 Å². The lowest BCUT2D eigenvalue weighted by molar-refractivity contribution is -0.301. The molecule has 19 heavy (non-hydrogen) atoms. The highest BCUT2D eigenvalue weighted by Gasteiger charge is 2.75. The van der Waals surface area contributed by atoms with E-state index >= 15 is 0 Å². The van der Waals surface area contributed by atoms with Gasteiger partial charge < -0.3 is 0 Å². The number of piperazine rings is 1. The van der Waals surface area contributed by atoms with Gasteiger partial charge in [-0.25, -0.2) is 5.06 Å². The second kappa shape index (κ2) is 3.95. The summed E-state index contributed by atoms with van der Waals surface area (Å²) in [6, 6.07) is 10.1. The number of β-lactam (4-membered cyclic amide) rings is 1. The largest absolute Gasteiger partial charge is 0.270 e. The van der Waals surface area contributed by atoms with E-state index < -0.39 is 0 Å². The van der Waals surface area contributed by atoms with Crippen LogP contribution in [-0.4, -0.2) is 39.5 Å². The fourth-order valence-corrected chi connectivity index (χ4v) is 3.89. The van der Waals surface area contributed by atoms with E-state index in [2.05, 4.69) is 4.90 Å². The number of hydroxylamine groups is 2. The first-order valence-corrected chi connectivity index (χ1v) is 7.08. The Morgan fingerprint density at radius 2 is 2.16 bits per heavy atom. The molecular formula is C14H15ClN2O2. The smallest absolute Gasteiger partial charge is 0.269 e. The molecule has 0 N–H and O–H groups in total. The van der Waals surface area contributed by atoms with Crippen LogP contribution in [0.1, 0.15) is 18.4 Å². The molecular weight excluding hydrogens is 264 g/mol. The van der Waals surface area contributed by atoms with Gasteiger partial charge in [0.15, 0.2) is 0 Å². The number of benzene rings is 1. The molecule has 1 amide bonds. The number of carbonyl (C=O) groups excluding carboxylic acids is 1. The van der Waals surface area contributed by atoms with Crippen LogP contribution in [0.15, 0.2) is 30.3 Å². The molecule has 0 radical (unpaired) electrons. The maximum atomic E-state index is 12.3. The van der Waals surface area contributed by atoms with E-state index in [1.165, 1.54) is 0 Å². The monoisotopic (exact) mass is 278 g/mol. The van der Waals surface area contributed by atoms with Crippen LogP contribution in [0.5, 0.6) is 0 Å². The van der Waals surface area contributed by atoms with Gasteiger partial charge in [0.25, 0.3) is 5.91 Å². The van der Waals surface area contributed by atoms with Crippen LogP contribution in [0.2, 0.25) is 0 Å². The van der Waals surface area contributed by atoms with Crippen molar-refractivity contribution in [3.05, 3.63) is 35.9 Å². The Hall–Kier alpha value is -1.10. The van der Waals surface area contributed by atoms with E-state index in [4.69, 9.17) is 16.4 Å². The van der Waals surface area contributed by atoms with Crippen LogP contribution in [0.4, 0.5) is 0 Å². The van der Waals surface area contributed by atoms with Gasteiger partial charge in [-0.05, 0) is 18.4 Å². The first kappa shape index (κ1) is 11.7. The SMILES string of the molecule is O=C1N(OCc2ccccc2)C2CN3C(Cl)CCC123. The topological polar surface area (TPSA) is 32.8 Å². The number of rotatable bonds is 3. The van der Waals surface area contributed by atoms with Gasteiger partial charge in [0.05, 0.1) is 11.5 Å². The van der Waals surface area contributed by atoms with Crippen molar-refractivity contribution in [2.45, 2.75) is 36.5 Å². The molecule has 0 aromatic heterocycles. The van der Waals surface area contributed by atoms with E-state index in [1.54, 1.807) is 5.06 Å². The van der Waals surface area contributed by atoms with Crippen molar-refractivity contribution in [1.82, 2.24) is 9.96 Å². The van der Waals surface area contributed by atoms with Gasteiger partial charge in [-0.3, -0.25) is 14.5 Å². The molecule has 100 valence electrons. The number of amides is 1. The number of hydrogen-bond donors (Lipinski definition) is 0. The van der Waals surface area contributed by atoms with Gasteiger partial charge in [-0.2, -0.15) is 0 Å². The van der Waals surface area contributed by atoms with Gasteiger partial charge in [0, 0.05) is 6.54 Å². The van der Waals surface area contributed by atoms with Crippen molar-refractivity contribution in [2.24, 2.45) is 0 Å². The lowest BCUT2D eigenvalue weighted by Crippen LogP contribution is -2.88. The van der Waals surface area contributed by atoms with Gasteiger partial charge >= 0.3 is 0 Å². The van der Waals surface area contributed by atoms with Gasteiger partial charge in [-0.1, -0.05) is 30.3 Å². The summed E-state index contributed by atoms with van der Waals surface area (Å²) in [5.41, 5.74) is 0.786. The maximum Gasteiger partial charge on any atom is 0.269 e. The van der Waals surface area contributed by atoms with Crippen LogP contribution < -0.4 is 0 Å². The summed E-state index contributed by atoms with van der Waals surface area (Å²) < 4.78 is 0. The summed E-state index contributed by atoms with van der Waals surface area (Å²) >= 11 is 6.20. The Balaban J connectivity index is 1.42. The lowest BCUT2D eigenvalue weighted by Gasteiger charge is -2.65. The van der Waals surface area contributed by atoms with Gasteiger partial charge in [0.1, 0.15) is 12.1 Å². The molecule has 3 aliphatic heterocycles. The number of nitrogens with zero attached hydrogens (tertiary/aromatic N) is 2. The van der Waals surface area contributed by atoms with E-state index in [1.807, 2.05) is 30.3 Å². The van der Waals surface area contributed by atoms with Gasteiger partial charge in [-0.15, -0.1) is 11.6 Å². The molecule has 3 aliphatic rings. The fraction of sp³-hybridized carbons (Fsp3) is 0.500. The second-order valence-corrected chi connectivity index (χ2v) is 5.96. The van der Waals surface area contributed by atoms with E-state index in [9.17, 15) is 4.79 Å². The molecule has 4 nitrogen and oxygen atoms in total. The number of alkyl halides is 1. The van der Waals surface area contributed by atoms with Crippen molar-refractivity contribution in [3.8, 4) is 0 Å². The Morgan fingerprint density at radius 3 is 2.84 bits per heavy atom. The molecule has 3 atom stereocenters. The van der Waals surface area contributed by atoms with Crippen LogP contribution in [0.25, 0.3) is 0 Å². The first-order chi connectivity index (χ1) is 9.23. The van der Waals surface area contributed by atoms with Crippen molar-refractivity contribution >= 4 is 17.5 Å². The molecule has 1 aromatic carbocycles. The molecule has 1 spiro atoms. The Morgan fingerprint density at radius 1 is 1.37 bits per heavy atom. The van der Waals surface area contributed by atoms with E-state index in [0.29, 0.717) is 6.61 Å². The lowest BCUT2D eigenvalue weighted by atomic mass is 9.71. The third kappa shape index (κ3) is 1.39. The average molecular weight is 279 g/mol. The molecule has 4 rings (SSSR count). The van der Waals surface area contributed by atoms with Crippen LogP contribution >= 0.6 is 11.6 Å².